The number of ether oxygens (including phenoxy) is 1. The Hall–Kier alpha value is -1.61. The standard InChI is InChI=1S/C15H17ClN2O/c1-2-3-4-12-5-8-14(9-6-12)19-15-10-7-13(11-16)17-18-15/h5-10H,2-4,11H2,1H3. The van der Waals surface area contributed by atoms with Crippen LogP contribution in [0.5, 0.6) is 11.6 Å². The molecule has 0 atom stereocenters. The Labute approximate surface area is 118 Å². The van der Waals surface area contributed by atoms with Crippen LogP contribution in [0.4, 0.5) is 0 Å². The summed E-state index contributed by atoms with van der Waals surface area (Å²) in [6.45, 7) is 2.20. The van der Waals surface area contributed by atoms with Crippen LogP contribution in [0.15, 0.2) is 36.4 Å². The van der Waals surface area contributed by atoms with E-state index in [9.17, 15) is 0 Å². The molecule has 0 aliphatic heterocycles. The zero-order chi connectivity index (χ0) is 13.5. The van der Waals surface area contributed by atoms with E-state index in [1.54, 1.807) is 6.07 Å². The van der Waals surface area contributed by atoms with Gasteiger partial charge in [-0.3, -0.25) is 0 Å². The largest absolute Gasteiger partial charge is 0.438 e. The van der Waals surface area contributed by atoms with Crippen LogP contribution in [0.2, 0.25) is 0 Å². The van der Waals surface area contributed by atoms with E-state index in [-0.39, 0.29) is 0 Å². The molecule has 1 heterocycles. The van der Waals surface area contributed by atoms with Gasteiger partial charge in [-0.25, -0.2) is 0 Å². The van der Waals surface area contributed by atoms with Gasteiger partial charge in [-0.1, -0.05) is 25.5 Å². The highest BCUT2D eigenvalue weighted by molar-refractivity contribution is 6.16. The minimum Gasteiger partial charge on any atom is -0.438 e. The SMILES string of the molecule is CCCCc1ccc(Oc2ccc(CCl)nn2)cc1. The van der Waals surface area contributed by atoms with Crippen molar-refractivity contribution in [2.45, 2.75) is 32.1 Å². The van der Waals surface area contributed by atoms with Crippen LogP contribution in [0.1, 0.15) is 31.0 Å². The Kier molecular flexibility index (Phi) is 5.16. The van der Waals surface area contributed by atoms with E-state index in [2.05, 4.69) is 29.3 Å². The summed E-state index contributed by atoms with van der Waals surface area (Å²) in [5, 5.41) is 7.90. The van der Waals surface area contributed by atoms with Crippen LogP contribution < -0.4 is 4.74 Å². The molecule has 2 aromatic rings. The molecule has 1 aromatic carbocycles. The molecular weight excluding hydrogens is 260 g/mol. The Bertz CT molecular complexity index is 497. The van der Waals surface area contributed by atoms with Gasteiger partial charge in [0, 0.05) is 6.07 Å². The van der Waals surface area contributed by atoms with Crippen LogP contribution in [-0.2, 0) is 12.3 Å². The average molecular weight is 277 g/mol. The van der Waals surface area contributed by atoms with Crippen LogP contribution in [0.3, 0.4) is 0 Å². The lowest BCUT2D eigenvalue weighted by Crippen LogP contribution is -1.93. The molecule has 0 bridgehead atoms. The molecule has 0 fully saturated rings. The molecule has 0 aliphatic rings. The first-order valence-electron chi connectivity index (χ1n) is 6.47. The predicted octanol–water partition coefficient (Wildman–Crippen LogP) is 4.35. The summed E-state index contributed by atoms with van der Waals surface area (Å²) in [4.78, 5) is 0. The monoisotopic (exact) mass is 276 g/mol. The molecule has 2 rings (SSSR count). The van der Waals surface area contributed by atoms with Crippen molar-refractivity contribution in [3.05, 3.63) is 47.7 Å². The van der Waals surface area contributed by atoms with Crippen molar-refractivity contribution in [3.8, 4) is 11.6 Å². The van der Waals surface area contributed by atoms with Crippen molar-refractivity contribution in [1.82, 2.24) is 10.2 Å². The molecule has 0 saturated heterocycles. The molecule has 0 aliphatic carbocycles. The highest BCUT2D eigenvalue weighted by Crippen LogP contribution is 2.20. The third-order valence-corrected chi connectivity index (χ3v) is 3.07. The summed E-state index contributed by atoms with van der Waals surface area (Å²) in [5.74, 6) is 1.61. The van der Waals surface area contributed by atoms with E-state index in [1.165, 1.54) is 18.4 Å². The van der Waals surface area contributed by atoms with Crippen LogP contribution in [0.25, 0.3) is 0 Å². The lowest BCUT2D eigenvalue weighted by molar-refractivity contribution is 0.454. The molecular formula is C15H17ClN2O. The van der Waals surface area contributed by atoms with Crippen molar-refractivity contribution in [2.75, 3.05) is 0 Å². The minimum absolute atomic E-state index is 0.361. The van der Waals surface area contributed by atoms with Crippen molar-refractivity contribution >= 4 is 11.6 Å². The van der Waals surface area contributed by atoms with Crippen molar-refractivity contribution in [2.24, 2.45) is 0 Å². The lowest BCUT2D eigenvalue weighted by atomic mass is 10.1. The van der Waals surface area contributed by atoms with Gasteiger partial charge in [0.25, 0.3) is 0 Å². The smallest absolute Gasteiger partial charge is 0.238 e. The first-order valence-corrected chi connectivity index (χ1v) is 7.00. The number of alkyl halides is 1. The second-order valence-corrected chi connectivity index (χ2v) is 4.61. The second kappa shape index (κ2) is 7.10. The van der Waals surface area contributed by atoms with Gasteiger partial charge >= 0.3 is 0 Å². The summed E-state index contributed by atoms with van der Waals surface area (Å²) >= 11 is 5.66. The number of nitrogens with zero attached hydrogens (tertiary/aromatic N) is 2. The van der Waals surface area contributed by atoms with Gasteiger partial charge in [0.05, 0.1) is 11.6 Å². The minimum atomic E-state index is 0.361. The number of benzene rings is 1. The van der Waals surface area contributed by atoms with Crippen molar-refractivity contribution in [1.29, 1.82) is 0 Å². The van der Waals surface area contributed by atoms with Gasteiger partial charge in [-0.2, -0.15) is 5.10 Å². The molecule has 0 N–H and O–H groups in total. The molecule has 0 unspecified atom stereocenters. The third kappa shape index (κ3) is 4.21. The lowest BCUT2D eigenvalue weighted by Gasteiger charge is -2.05. The molecule has 0 amide bonds. The summed E-state index contributed by atoms with van der Waals surface area (Å²) in [5.41, 5.74) is 2.07. The van der Waals surface area contributed by atoms with Gasteiger partial charge in [0.2, 0.25) is 5.88 Å². The maximum absolute atomic E-state index is 5.66. The summed E-state index contributed by atoms with van der Waals surface area (Å²) < 4.78 is 5.62. The second-order valence-electron chi connectivity index (χ2n) is 4.35. The van der Waals surface area contributed by atoms with E-state index in [1.807, 2.05) is 18.2 Å². The summed E-state index contributed by atoms with van der Waals surface area (Å²) in [6.07, 6.45) is 3.54. The first-order chi connectivity index (χ1) is 9.31. The maximum atomic E-state index is 5.66. The fraction of sp³-hybridized carbons (Fsp3) is 0.333. The number of aromatic nitrogens is 2. The average Bonchev–Trinajstić information content (AvgIpc) is 2.47. The van der Waals surface area contributed by atoms with E-state index in [0.29, 0.717) is 11.8 Å². The molecule has 0 saturated carbocycles. The molecule has 19 heavy (non-hydrogen) atoms. The fourth-order valence-corrected chi connectivity index (χ4v) is 1.84. The van der Waals surface area contributed by atoms with Crippen LogP contribution in [0, 0.1) is 0 Å². The number of hydrogen-bond acceptors (Lipinski definition) is 3. The Morgan fingerprint density at radius 2 is 1.84 bits per heavy atom. The Morgan fingerprint density at radius 1 is 1.05 bits per heavy atom. The van der Waals surface area contributed by atoms with Gasteiger partial charge in [0.15, 0.2) is 0 Å². The van der Waals surface area contributed by atoms with Crippen LogP contribution >= 0.6 is 11.6 Å². The molecule has 3 nitrogen and oxygen atoms in total. The molecule has 4 heteroatoms. The van der Waals surface area contributed by atoms with Crippen molar-refractivity contribution in [3.63, 3.8) is 0 Å². The molecule has 0 radical (unpaired) electrons. The zero-order valence-electron chi connectivity index (χ0n) is 11.0. The number of rotatable bonds is 6. The zero-order valence-corrected chi connectivity index (χ0v) is 11.7. The van der Waals surface area contributed by atoms with E-state index < -0.39 is 0 Å². The molecule has 100 valence electrons. The van der Waals surface area contributed by atoms with E-state index >= 15 is 0 Å². The summed E-state index contributed by atoms with van der Waals surface area (Å²) in [6, 6.07) is 11.7. The van der Waals surface area contributed by atoms with Crippen molar-refractivity contribution < 1.29 is 4.74 Å². The Balaban J connectivity index is 1.98. The highest BCUT2D eigenvalue weighted by atomic mass is 35.5. The van der Waals surface area contributed by atoms with Gasteiger partial charge in [-0.05, 0) is 36.6 Å². The normalized spacial score (nSPS) is 10.4. The number of aryl methyl sites for hydroxylation is 1. The quantitative estimate of drug-likeness (QED) is 0.736. The fourth-order valence-electron chi connectivity index (χ4n) is 1.70. The number of hydrogen-bond donors (Lipinski definition) is 0. The number of halogens is 1. The van der Waals surface area contributed by atoms with Gasteiger partial charge in [-0.15, -0.1) is 16.7 Å². The summed E-state index contributed by atoms with van der Waals surface area (Å²) in [7, 11) is 0. The number of unbranched alkanes of at least 4 members (excludes halogenated alkanes) is 1. The van der Waals surface area contributed by atoms with Gasteiger partial charge in [0.1, 0.15) is 5.75 Å². The van der Waals surface area contributed by atoms with E-state index in [0.717, 1.165) is 17.9 Å². The Morgan fingerprint density at radius 3 is 2.42 bits per heavy atom. The van der Waals surface area contributed by atoms with E-state index in [4.69, 9.17) is 16.3 Å². The highest BCUT2D eigenvalue weighted by Gasteiger charge is 2.00. The van der Waals surface area contributed by atoms with Crippen LogP contribution in [-0.4, -0.2) is 10.2 Å². The molecule has 1 aromatic heterocycles. The maximum Gasteiger partial charge on any atom is 0.238 e. The molecule has 0 spiro atoms. The van der Waals surface area contributed by atoms with Gasteiger partial charge < -0.3 is 4.74 Å². The predicted molar refractivity (Wildman–Crippen MR) is 76.7 cm³/mol. The third-order valence-electron chi connectivity index (χ3n) is 2.80. The first kappa shape index (κ1) is 13.8. The topological polar surface area (TPSA) is 35.0 Å².